The maximum Gasteiger partial charge on any atom is 0.243 e. The molecule has 0 radical (unpaired) electrons. The smallest absolute Gasteiger partial charge is 0.236 e. The normalized spacial score (nSPS) is 11.7. The number of rotatable bonds is 4. The van der Waals surface area contributed by atoms with Crippen molar-refractivity contribution in [3.05, 3.63) is 35.5 Å². The minimum atomic E-state index is -3.58. The molecule has 0 fully saturated rings. The highest BCUT2D eigenvalue weighted by atomic mass is 35.5. The number of pyridine rings is 1. The summed E-state index contributed by atoms with van der Waals surface area (Å²) in [6.07, 6.45) is 5.21. The molecule has 0 N–H and O–H groups in total. The zero-order valence-electron chi connectivity index (χ0n) is 10.9. The molecule has 0 amide bonds. The molecule has 1 aromatic heterocycles. The molecule has 0 saturated carbocycles. The summed E-state index contributed by atoms with van der Waals surface area (Å²) in [6, 6.07) is 8.09. The van der Waals surface area contributed by atoms with Crippen LogP contribution in [0.2, 0.25) is 5.15 Å². The van der Waals surface area contributed by atoms with Gasteiger partial charge in [0.2, 0.25) is 10.0 Å². The molecule has 0 unspecified atom stereocenters. The van der Waals surface area contributed by atoms with E-state index in [0.29, 0.717) is 22.6 Å². The van der Waals surface area contributed by atoms with Gasteiger partial charge in [-0.1, -0.05) is 24.4 Å². The van der Waals surface area contributed by atoms with Crippen molar-refractivity contribution < 1.29 is 8.42 Å². The van der Waals surface area contributed by atoms with Crippen molar-refractivity contribution in [3.63, 3.8) is 0 Å². The van der Waals surface area contributed by atoms with Crippen LogP contribution in [0.4, 0.5) is 0 Å². The van der Waals surface area contributed by atoms with E-state index in [1.807, 2.05) is 0 Å². The molecule has 2 aromatic rings. The molecule has 2 rings (SSSR count). The summed E-state index contributed by atoms with van der Waals surface area (Å²) in [6.45, 7) is 2.12. The van der Waals surface area contributed by atoms with Crippen LogP contribution in [0.1, 0.15) is 6.92 Å². The standard InChI is InChI=1S/C14H13ClN2O2S/c1-3-9-17(4-2)20(18,19)12-6-7-13-11(10-12)5-8-14(15)16-13/h1,5-8,10H,4,9H2,2H3. The minimum absolute atomic E-state index is 0.0513. The van der Waals surface area contributed by atoms with Gasteiger partial charge in [-0.25, -0.2) is 13.4 Å². The van der Waals surface area contributed by atoms with E-state index >= 15 is 0 Å². The van der Waals surface area contributed by atoms with Gasteiger partial charge >= 0.3 is 0 Å². The van der Waals surface area contributed by atoms with Crippen molar-refractivity contribution >= 4 is 32.5 Å². The molecule has 1 aromatic carbocycles. The Morgan fingerprint density at radius 2 is 2.10 bits per heavy atom. The number of terminal acetylenes is 1. The lowest BCUT2D eigenvalue weighted by Gasteiger charge is -2.18. The Hall–Kier alpha value is -1.61. The van der Waals surface area contributed by atoms with Crippen molar-refractivity contribution in [2.75, 3.05) is 13.1 Å². The third-order valence-corrected chi connectivity index (χ3v) is 5.01. The van der Waals surface area contributed by atoms with E-state index < -0.39 is 10.0 Å². The number of hydrogen-bond donors (Lipinski definition) is 0. The number of hydrogen-bond acceptors (Lipinski definition) is 3. The first-order valence-corrected chi connectivity index (χ1v) is 7.80. The van der Waals surface area contributed by atoms with Crippen molar-refractivity contribution in [2.45, 2.75) is 11.8 Å². The summed E-state index contributed by atoms with van der Waals surface area (Å²) in [7, 11) is -3.58. The highest BCUT2D eigenvalue weighted by Gasteiger charge is 2.22. The van der Waals surface area contributed by atoms with Crippen LogP contribution in [0.15, 0.2) is 35.2 Å². The van der Waals surface area contributed by atoms with Gasteiger partial charge in [0.1, 0.15) is 5.15 Å². The Kier molecular flexibility index (Phi) is 4.29. The van der Waals surface area contributed by atoms with E-state index in [1.165, 1.54) is 10.4 Å². The molecule has 0 aliphatic rings. The molecule has 20 heavy (non-hydrogen) atoms. The van der Waals surface area contributed by atoms with Crippen LogP contribution in [0.5, 0.6) is 0 Å². The summed E-state index contributed by atoms with van der Waals surface area (Å²) in [5.41, 5.74) is 0.649. The van der Waals surface area contributed by atoms with Crippen LogP contribution in [0.3, 0.4) is 0 Å². The predicted molar refractivity (Wildman–Crippen MR) is 80.0 cm³/mol. The number of fused-ring (bicyclic) bond motifs is 1. The molecule has 1 heterocycles. The zero-order chi connectivity index (χ0) is 14.8. The van der Waals surface area contributed by atoms with Gasteiger partial charge in [-0.05, 0) is 30.3 Å². The fourth-order valence-electron chi connectivity index (χ4n) is 1.86. The van der Waals surface area contributed by atoms with Crippen molar-refractivity contribution in [1.82, 2.24) is 9.29 Å². The van der Waals surface area contributed by atoms with Crippen LogP contribution >= 0.6 is 11.6 Å². The number of halogens is 1. The van der Waals surface area contributed by atoms with Crippen LogP contribution in [0, 0.1) is 12.3 Å². The van der Waals surface area contributed by atoms with E-state index in [-0.39, 0.29) is 11.4 Å². The van der Waals surface area contributed by atoms with Crippen LogP contribution < -0.4 is 0 Å². The SMILES string of the molecule is C#CCN(CC)S(=O)(=O)c1ccc2nc(Cl)ccc2c1. The van der Waals surface area contributed by atoms with Crippen LogP contribution in [-0.2, 0) is 10.0 Å². The van der Waals surface area contributed by atoms with E-state index in [0.717, 1.165) is 0 Å². The van der Waals surface area contributed by atoms with E-state index in [9.17, 15) is 8.42 Å². The first-order valence-electron chi connectivity index (χ1n) is 5.99. The Morgan fingerprint density at radius 1 is 1.35 bits per heavy atom. The largest absolute Gasteiger partial charge is 0.243 e. The Bertz CT molecular complexity index is 781. The molecule has 0 aliphatic carbocycles. The Labute approximate surface area is 123 Å². The van der Waals surface area contributed by atoms with Gasteiger partial charge in [0.25, 0.3) is 0 Å². The topological polar surface area (TPSA) is 50.3 Å². The summed E-state index contributed by atoms with van der Waals surface area (Å²) in [5.74, 6) is 2.36. The second kappa shape index (κ2) is 5.80. The predicted octanol–water partition coefficient (Wildman–Crippen LogP) is 2.53. The van der Waals surface area contributed by atoms with Gasteiger partial charge in [-0.2, -0.15) is 4.31 Å². The first-order chi connectivity index (χ1) is 9.48. The second-order valence-corrected chi connectivity index (χ2v) is 6.45. The summed E-state index contributed by atoms with van der Waals surface area (Å²) < 4.78 is 26.1. The maximum atomic E-state index is 12.4. The second-order valence-electron chi connectivity index (χ2n) is 4.12. The third-order valence-electron chi connectivity index (χ3n) is 2.88. The van der Waals surface area contributed by atoms with Crippen molar-refractivity contribution in [2.24, 2.45) is 0 Å². The van der Waals surface area contributed by atoms with Gasteiger partial charge in [0.15, 0.2) is 0 Å². The van der Waals surface area contributed by atoms with E-state index in [2.05, 4.69) is 10.9 Å². The molecule has 0 saturated heterocycles. The highest BCUT2D eigenvalue weighted by Crippen LogP contribution is 2.22. The quantitative estimate of drug-likeness (QED) is 0.644. The average molecular weight is 309 g/mol. The maximum absolute atomic E-state index is 12.4. The van der Waals surface area contributed by atoms with Crippen molar-refractivity contribution in [1.29, 1.82) is 0 Å². The fraction of sp³-hybridized carbons (Fsp3) is 0.214. The molecule has 4 nitrogen and oxygen atoms in total. The lowest BCUT2D eigenvalue weighted by molar-refractivity contribution is 0.464. The lowest BCUT2D eigenvalue weighted by Crippen LogP contribution is -2.31. The number of aromatic nitrogens is 1. The van der Waals surface area contributed by atoms with Crippen molar-refractivity contribution in [3.8, 4) is 12.3 Å². The summed E-state index contributed by atoms with van der Waals surface area (Å²) >= 11 is 5.80. The van der Waals surface area contributed by atoms with E-state index in [4.69, 9.17) is 18.0 Å². The third kappa shape index (κ3) is 2.78. The van der Waals surface area contributed by atoms with E-state index in [1.54, 1.807) is 31.2 Å². The molecule has 0 spiro atoms. The Morgan fingerprint density at radius 3 is 2.75 bits per heavy atom. The van der Waals surface area contributed by atoms with Gasteiger partial charge in [0, 0.05) is 11.9 Å². The Balaban J connectivity index is 2.52. The van der Waals surface area contributed by atoms with Gasteiger partial charge < -0.3 is 0 Å². The summed E-state index contributed by atoms with van der Waals surface area (Å²) in [4.78, 5) is 4.33. The lowest BCUT2D eigenvalue weighted by atomic mass is 10.2. The molecule has 0 atom stereocenters. The van der Waals surface area contributed by atoms with Crippen LogP contribution in [-0.4, -0.2) is 30.8 Å². The molecule has 0 bridgehead atoms. The molecule has 6 heteroatoms. The van der Waals surface area contributed by atoms with Gasteiger partial charge in [0.05, 0.1) is 17.0 Å². The molecular formula is C14H13ClN2O2S. The number of sulfonamides is 1. The van der Waals surface area contributed by atoms with Crippen LogP contribution in [0.25, 0.3) is 10.9 Å². The number of nitrogens with zero attached hydrogens (tertiary/aromatic N) is 2. The molecular weight excluding hydrogens is 296 g/mol. The summed E-state index contributed by atoms with van der Waals surface area (Å²) in [5, 5.41) is 1.09. The minimum Gasteiger partial charge on any atom is -0.236 e. The monoisotopic (exact) mass is 308 g/mol. The highest BCUT2D eigenvalue weighted by molar-refractivity contribution is 7.89. The molecule has 104 valence electrons. The zero-order valence-corrected chi connectivity index (χ0v) is 12.4. The number of benzene rings is 1. The fourth-order valence-corrected chi connectivity index (χ4v) is 3.41. The van der Waals surface area contributed by atoms with Gasteiger partial charge in [-0.15, -0.1) is 6.42 Å². The average Bonchev–Trinajstić information content (AvgIpc) is 2.43. The first kappa shape index (κ1) is 14.8. The molecule has 0 aliphatic heterocycles. The van der Waals surface area contributed by atoms with Gasteiger partial charge in [-0.3, -0.25) is 0 Å².